The molecule has 0 aliphatic rings. The highest BCUT2D eigenvalue weighted by molar-refractivity contribution is 7.15. The molecular formula is C15H15N5O2S. The Bertz CT molecular complexity index is 931. The predicted octanol–water partition coefficient (Wildman–Crippen LogP) is 2.08. The third kappa shape index (κ3) is 2.85. The molecular weight excluding hydrogens is 314 g/mol. The number of aryl methyl sites for hydroxylation is 2. The Hall–Kier alpha value is -2.61. The number of carbonyl (C=O) groups excluding carboxylic acids is 1. The molecule has 0 saturated heterocycles. The molecule has 3 rings (SSSR count). The number of rotatable bonds is 4. The van der Waals surface area contributed by atoms with Crippen LogP contribution in [0, 0.1) is 0 Å². The third-order valence-electron chi connectivity index (χ3n) is 3.37. The first-order valence-electron chi connectivity index (χ1n) is 7.27. The first-order valence-corrected chi connectivity index (χ1v) is 8.09. The van der Waals surface area contributed by atoms with Gasteiger partial charge in [-0.15, -0.1) is 10.2 Å². The molecule has 0 saturated carbocycles. The van der Waals surface area contributed by atoms with Crippen molar-refractivity contribution < 1.29 is 4.79 Å². The second-order valence-corrected chi connectivity index (χ2v) is 5.88. The van der Waals surface area contributed by atoms with Gasteiger partial charge in [0.25, 0.3) is 5.91 Å². The SMILES string of the molecule is CCc1nnc(NC(=O)c2nn(CC)c3ccccc3c2=O)s1. The predicted molar refractivity (Wildman–Crippen MR) is 88.9 cm³/mol. The van der Waals surface area contributed by atoms with E-state index in [1.807, 2.05) is 26.0 Å². The van der Waals surface area contributed by atoms with Gasteiger partial charge in [0, 0.05) is 11.9 Å². The van der Waals surface area contributed by atoms with Gasteiger partial charge < -0.3 is 0 Å². The topological polar surface area (TPSA) is 89.8 Å². The number of hydrogen-bond donors (Lipinski definition) is 1. The van der Waals surface area contributed by atoms with E-state index >= 15 is 0 Å². The highest BCUT2D eigenvalue weighted by atomic mass is 32.1. The molecule has 0 atom stereocenters. The molecule has 1 aromatic carbocycles. The maximum absolute atomic E-state index is 12.5. The Morgan fingerprint density at radius 1 is 1.26 bits per heavy atom. The van der Waals surface area contributed by atoms with E-state index in [2.05, 4.69) is 20.6 Å². The quantitative estimate of drug-likeness (QED) is 0.791. The number of carbonyl (C=O) groups is 1. The van der Waals surface area contributed by atoms with E-state index in [9.17, 15) is 9.59 Å². The average molecular weight is 329 g/mol. The number of benzene rings is 1. The van der Waals surface area contributed by atoms with Gasteiger partial charge in [-0.05, 0) is 25.5 Å². The first kappa shape index (κ1) is 15.3. The summed E-state index contributed by atoms with van der Waals surface area (Å²) < 4.78 is 1.64. The molecule has 2 heterocycles. The Labute approximate surface area is 136 Å². The molecule has 0 unspecified atom stereocenters. The highest BCUT2D eigenvalue weighted by Crippen LogP contribution is 2.16. The molecule has 8 heteroatoms. The van der Waals surface area contributed by atoms with Crippen LogP contribution in [0.25, 0.3) is 10.9 Å². The first-order chi connectivity index (χ1) is 11.1. The number of anilines is 1. The van der Waals surface area contributed by atoms with Crippen LogP contribution in [0.4, 0.5) is 5.13 Å². The Kier molecular flexibility index (Phi) is 4.16. The molecule has 1 amide bonds. The molecule has 7 nitrogen and oxygen atoms in total. The number of hydrogen-bond acceptors (Lipinski definition) is 6. The summed E-state index contributed by atoms with van der Waals surface area (Å²) in [5.41, 5.74) is 0.183. The summed E-state index contributed by atoms with van der Waals surface area (Å²) in [5, 5.41) is 16.3. The summed E-state index contributed by atoms with van der Waals surface area (Å²) in [6.07, 6.45) is 0.740. The summed E-state index contributed by atoms with van der Waals surface area (Å²) in [5.74, 6) is -0.568. The fourth-order valence-corrected chi connectivity index (χ4v) is 2.91. The second kappa shape index (κ2) is 6.25. The van der Waals surface area contributed by atoms with E-state index in [4.69, 9.17) is 0 Å². The van der Waals surface area contributed by atoms with E-state index in [0.717, 1.165) is 11.4 Å². The van der Waals surface area contributed by atoms with Gasteiger partial charge in [-0.1, -0.05) is 30.4 Å². The van der Waals surface area contributed by atoms with Crippen LogP contribution in [0.2, 0.25) is 0 Å². The monoisotopic (exact) mass is 329 g/mol. The van der Waals surface area contributed by atoms with Crippen LogP contribution in [-0.2, 0) is 13.0 Å². The van der Waals surface area contributed by atoms with Crippen LogP contribution in [0.15, 0.2) is 29.1 Å². The van der Waals surface area contributed by atoms with Crippen LogP contribution in [0.3, 0.4) is 0 Å². The lowest BCUT2D eigenvalue weighted by Crippen LogP contribution is -2.27. The minimum absolute atomic E-state index is 0.140. The molecule has 0 aliphatic heterocycles. The normalized spacial score (nSPS) is 10.9. The van der Waals surface area contributed by atoms with Crippen LogP contribution in [-0.4, -0.2) is 25.9 Å². The van der Waals surface area contributed by atoms with E-state index in [1.54, 1.807) is 16.8 Å². The zero-order valence-corrected chi connectivity index (χ0v) is 13.6. The van der Waals surface area contributed by atoms with E-state index in [1.165, 1.54) is 11.3 Å². The van der Waals surface area contributed by atoms with Gasteiger partial charge in [-0.2, -0.15) is 5.10 Å². The number of nitrogens with one attached hydrogen (secondary N) is 1. The lowest BCUT2D eigenvalue weighted by molar-refractivity contribution is 0.101. The van der Waals surface area contributed by atoms with Crippen molar-refractivity contribution in [3.05, 3.63) is 45.2 Å². The number of aromatic nitrogens is 4. The van der Waals surface area contributed by atoms with E-state index in [-0.39, 0.29) is 11.1 Å². The summed E-state index contributed by atoms with van der Waals surface area (Å²) in [4.78, 5) is 24.9. The van der Waals surface area contributed by atoms with Crippen molar-refractivity contribution in [1.29, 1.82) is 0 Å². The molecule has 3 aromatic rings. The van der Waals surface area contributed by atoms with Gasteiger partial charge >= 0.3 is 0 Å². The van der Waals surface area contributed by atoms with Gasteiger partial charge in [0.2, 0.25) is 10.6 Å². The van der Waals surface area contributed by atoms with Gasteiger partial charge in [-0.3, -0.25) is 19.6 Å². The van der Waals surface area contributed by atoms with Gasteiger partial charge in [-0.25, -0.2) is 0 Å². The van der Waals surface area contributed by atoms with Crippen molar-refractivity contribution in [1.82, 2.24) is 20.0 Å². The van der Waals surface area contributed by atoms with Crippen molar-refractivity contribution >= 4 is 33.3 Å². The summed E-state index contributed by atoms with van der Waals surface area (Å²) in [7, 11) is 0. The Morgan fingerprint density at radius 3 is 2.74 bits per heavy atom. The van der Waals surface area contributed by atoms with Crippen molar-refractivity contribution in [3.8, 4) is 0 Å². The lowest BCUT2D eigenvalue weighted by atomic mass is 10.2. The number of amides is 1. The van der Waals surface area contributed by atoms with Crippen molar-refractivity contribution in [2.75, 3.05) is 5.32 Å². The Balaban J connectivity index is 2.03. The summed E-state index contributed by atoms with van der Waals surface area (Å²) in [6, 6.07) is 7.11. The minimum atomic E-state index is -0.568. The van der Waals surface area contributed by atoms with Crippen molar-refractivity contribution in [2.45, 2.75) is 26.8 Å². The van der Waals surface area contributed by atoms with Crippen molar-refractivity contribution in [2.24, 2.45) is 0 Å². The van der Waals surface area contributed by atoms with Gasteiger partial charge in [0.05, 0.1) is 5.52 Å². The fraction of sp³-hybridized carbons (Fsp3) is 0.267. The van der Waals surface area contributed by atoms with Crippen molar-refractivity contribution in [3.63, 3.8) is 0 Å². The summed E-state index contributed by atoms with van der Waals surface area (Å²) >= 11 is 1.28. The molecule has 0 fully saturated rings. The van der Waals surface area contributed by atoms with Gasteiger partial charge in [0.15, 0.2) is 5.69 Å². The average Bonchev–Trinajstić information content (AvgIpc) is 3.03. The minimum Gasteiger partial charge on any atom is -0.295 e. The van der Waals surface area contributed by atoms with Crippen LogP contribution >= 0.6 is 11.3 Å². The zero-order valence-electron chi connectivity index (χ0n) is 12.7. The molecule has 0 aliphatic carbocycles. The molecule has 1 N–H and O–H groups in total. The van der Waals surface area contributed by atoms with Crippen LogP contribution in [0.1, 0.15) is 29.3 Å². The third-order valence-corrected chi connectivity index (χ3v) is 4.35. The van der Waals surface area contributed by atoms with Gasteiger partial charge in [0.1, 0.15) is 5.01 Å². The van der Waals surface area contributed by atoms with Crippen LogP contribution < -0.4 is 10.7 Å². The Morgan fingerprint density at radius 2 is 2.04 bits per heavy atom. The molecule has 0 spiro atoms. The molecule has 2 aromatic heterocycles. The summed E-state index contributed by atoms with van der Waals surface area (Å²) in [6.45, 7) is 4.42. The fourth-order valence-electron chi connectivity index (χ4n) is 2.23. The number of para-hydroxylation sites is 1. The largest absolute Gasteiger partial charge is 0.295 e. The van der Waals surface area contributed by atoms with Crippen LogP contribution in [0.5, 0.6) is 0 Å². The molecule has 118 valence electrons. The number of nitrogens with zero attached hydrogens (tertiary/aromatic N) is 4. The maximum Gasteiger partial charge on any atom is 0.282 e. The second-order valence-electron chi connectivity index (χ2n) is 4.82. The molecule has 0 bridgehead atoms. The highest BCUT2D eigenvalue weighted by Gasteiger charge is 2.18. The smallest absolute Gasteiger partial charge is 0.282 e. The van der Waals surface area contributed by atoms with E-state index in [0.29, 0.717) is 22.6 Å². The molecule has 0 radical (unpaired) electrons. The standard InChI is InChI=1S/C15H15N5O2S/c1-3-11-17-18-15(23-11)16-14(22)12-13(21)9-7-5-6-8-10(9)20(4-2)19-12/h5-8H,3-4H2,1-2H3,(H,16,18,22). The maximum atomic E-state index is 12.5. The van der Waals surface area contributed by atoms with E-state index < -0.39 is 5.91 Å². The molecule has 23 heavy (non-hydrogen) atoms. The lowest BCUT2D eigenvalue weighted by Gasteiger charge is -2.09. The number of fused-ring (bicyclic) bond motifs is 1. The zero-order chi connectivity index (χ0) is 16.4.